The minimum absolute atomic E-state index is 0.759. The van der Waals surface area contributed by atoms with Crippen molar-refractivity contribution < 1.29 is 0 Å². The molecule has 0 aromatic carbocycles. The molecule has 0 saturated carbocycles. The molecule has 2 heterocycles. The summed E-state index contributed by atoms with van der Waals surface area (Å²) >= 11 is 0. The molecule has 5 nitrogen and oxygen atoms in total. The van der Waals surface area contributed by atoms with E-state index in [1.165, 1.54) is 11.3 Å². The molecular formula is C12H19N5. The maximum Gasteiger partial charge on any atom is 0.151 e. The van der Waals surface area contributed by atoms with Gasteiger partial charge >= 0.3 is 0 Å². The predicted octanol–water partition coefficient (Wildman–Crippen LogP) is 2.04. The summed E-state index contributed by atoms with van der Waals surface area (Å²) in [6.45, 7) is 8.80. The fourth-order valence-corrected chi connectivity index (χ4v) is 1.83. The van der Waals surface area contributed by atoms with Crippen molar-refractivity contribution in [3.63, 3.8) is 0 Å². The molecule has 1 N–H and O–H groups in total. The van der Waals surface area contributed by atoms with Crippen LogP contribution in [0.3, 0.4) is 0 Å². The molecule has 2 rings (SSSR count). The van der Waals surface area contributed by atoms with Gasteiger partial charge in [0.15, 0.2) is 5.82 Å². The molecule has 2 aromatic rings. The molecule has 0 bridgehead atoms. The zero-order chi connectivity index (χ0) is 12.3. The van der Waals surface area contributed by atoms with E-state index in [1.54, 1.807) is 0 Å². The molecule has 0 unspecified atom stereocenters. The van der Waals surface area contributed by atoms with Gasteiger partial charge in [0.2, 0.25) is 0 Å². The first-order valence-electron chi connectivity index (χ1n) is 6.03. The van der Waals surface area contributed by atoms with E-state index in [-0.39, 0.29) is 0 Å². The highest BCUT2D eigenvalue weighted by molar-refractivity contribution is 5.42. The van der Waals surface area contributed by atoms with Crippen molar-refractivity contribution in [1.29, 1.82) is 0 Å². The van der Waals surface area contributed by atoms with Gasteiger partial charge in [0.25, 0.3) is 0 Å². The Labute approximate surface area is 101 Å². The van der Waals surface area contributed by atoms with Gasteiger partial charge in [0.1, 0.15) is 0 Å². The molecule has 2 aromatic heterocycles. The van der Waals surface area contributed by atoms with Crippen LogP contribution >= 0.6 is 0 Å². The van der Waals surface area contributed by atoms with E-state index in [1.807, 2.05) is 21.6 Å². The lowest BCUT2D eigenvalue weighted by Gasteiger charge is -2.06. The van der Waals surface area contributed by atoms with Gasteiger partial charge in [-0.15, -0.1) is 0 Å². The van der Waals surface area contributed by atoms with Crippen LogP contribution in [0, 0.1) is 6.92 Å². The number of anilines is 1. The van der Waals surface area contributed by atoms with E-state index in [0.717, 1.165) is 25.5 Å². The molecule has 0 aliphatic carbocycles. The van der Waals surface area contributed by atoms with Crippen LogP contribution in [0.1, 0.15) is 25.1 Å². The number of hydrogen-bond donors (Lipinski definition) is 1. The zero-order valence-corrected chi connectivity index (χ0v) is 10.6. The average Bonchev–Trinajstić information content (AvgIpc) is 2.92. The van der Waals surface area contributed by atoms with Gasteiger partial charge in [-0.3, -0.25) is 9.36 Å². The Morgan fingerprint density at radius 3 is 2.76 bits per heavy atom. The van der Waals surface area contributed by atoms with Gasteiger partial charge in [-0.2, -0.15) is 10.2 Å². The summed E-state index contributed by atoms with van der Waals surface area (Å²) in [5.41, 5.74) is 2.35. The molecular weight excluding hydrogens is 214 g/mol. The summed E-state index contributed by atoms with van der Waals surface area (Å²) < 4.78 is 3.92. The third kappa shape index (κ3) is 2.49. The maximum atomic E-state index is 4.46. The number of nitrogens with zero attached hydrogens (tertiary/aromatic N) is 4. The Hall–Kier alpha value is -1.78. The summed E-state index contributed by atoms with van der Waals surface area (Å²) in [5.74, 6) is 0.954. The molecule has 0 spiro atoms. The molecule has 0 fully saturated rings. The fraction of sp³-hybridized carbons (Fsp3) is 0.500. The van der Waals surface area contributed by atoms with E-state index < -0.39 is 0 Å². The molecule has 92 valence electrons. The summed E-state index contributed by atoms with van der Waals surface area (Å²) in [4.78, 5) is 0. The fourth-order valence-electron chi connectivity index (χ4n) is 1.83. The lowest BCUT2D eigenvalue weighted by molar-refractivity contribution is 0.626. The van der Waals surface area contributed by atoms with Gasteiger partial charge < -0.3 is 5.32 Å². The van der Waals surface area contributed by atoms with Crippen LogP contribution in [0.25, 0.3) is 0 Å². The second-order valence-corrected chi connectivity index (χ2v) is 4.01. The van der Waals surface area contributed by atoms with Gasteiger partial charge in [-0.05, 0) is 26.8 Å². The smallest absolute Gasteiger partial charge is 0.151 e. The van der Waals surface area contributed by atoms with Gasteiger partial charge in [-0.25, -0.2) is 0 Å². The van der Waals surface area contributed by atoms with Crippen molar-refractivity contribution in [3.8, 4) is 0 Å². The first-order chi connectivity index (χ1) is 8.24. The van der Waals surface area contributed by atoms with E-state index >= 15 is 0 Å². The van der Waals surface area contributed by atoms with Crippen molar-refractivity contribution in [1.82, 2.24) is 19.6 Å². The second-order valence-electron chi connectivity index (χ2n) is 4.01. The minimum Gasteiger partial charge on any atom is -0.363 e. The standard InChI is InChI=1S/C12H19N5/c1-4-16-9-10(3)12(15-16)13-8-11-6-7-14-17(11)5-2/h6-7,9H,4-5,8H2,1-3H3,(H,13,15). The molecule has 0 radical (unpaired) electrons. The Morgan fingerprint density at radius 2 is 2.12 bits per heavy atom. The molecule has 0 saturated heterocycles. The van der Waals surface area contributed by atoms with E-state index in [9.17, 15) is 0 Å². The number of aryl methyl sites for hydroxylation is 3. The summed E-state index contributed by atoms with van der Waals surface area (Å²) in [6, 6.07) is 2.03. The van der Waals surface area contributed by atoms with E-state index in [2.05, 4.69) is 42.5 Å². The molecule has 0 atom stereocenters. The Kier molecular flexibility index (Phi) is 3.46. The van der Waals surface area contributed by atoms with Crippen molar-refractivity contribution >= 4 is 5.82 Å². The highest BCUT2D eigenvalue weighted by Gasteiger charge is 2.05. The zero-order valence-electron chi connectivity index (χ0n) is 10.6. The lowest BCUT2D eigenvalue weighted by atomic mass is 10.3. The maximum absolute atomic E-state index is 4.46. The Bertz CT molecular complexity index is 483. The van der Waals surface area contributed by atoms with Crippen LogP contribution in [-0.2, 0) is 19.6 Å². The third-order valence-corrected chi connectivity index (χ3v) is 2.81. The quantitative estimate of drug-likeness (QED) is 0.859. The van der Waals surface area contributed by atoms with Gasteiger partial charge in [-0.1, -0.05) is 0 Å². The van der Waals surface area contributed by atoms with Gasteiger partial charge in [0, 0.05) is 31.0 Å². The van der Waals surface area contributed by atoms with Crippen molar-refractivity contribution in [2.45, 2.75) is 40.4 Å². The van der Waals surface area contributed by atoms with Crippen LogP contribution < -0.4 is 5.32 Å². The first kappa shape index (κ1) is 11.7. The molecule has 0 aliphatic rings. The van der Waals surface area contributed by atoms with Crippen molar-refractivity contribution in [2.24, 2.45) is 0 Å². The Morgan fingerprint density at radius 1 is 1.29 bits per heavy atom. The first-order valence-corrected chi connectivity index (χ1v) is 6.03. The van der Waals surface area contributed by atoms with Crippen molar-refractivity contribution in [2.75, 3.05) is 5.32 Å². The molecule has 0 amide bonds. The highest BCUT2D eigenvalue weighted by Crippen LogP contribution is 2.12. The Balaban J connectivity index is 2.04. The minimum atomic E-state index is 0.759. The normalized spacial score (nSPS) is 10.8. The number of aromatic nitrogens is 4. The van der Waals surface area contributed by atoms with Crippen LogP contribution in [0.15, 0.2) is 18.5 Å². The van der Waals surface area contributed by atoms with Crippen LogP contribution in [-0.4, -0.2) is 19.6 Å². The molecule has 17 heavy (non-hydrogen) atoms. The number of nitrogens with one attached hydrogen (secondary N) is 1. The molecule has 0 aliphatic heterocycles. The van der Waals surface area contributed by atoms with E-state index in [0.29, 0.717) is 0 Å². The van der Waals surface area contributed by atoms with Crippen molar-refractivity contribution in [3.05, 3.63) is 29.7 Å². The summed E-state index contributed by atoms with van der Waals surface area (Å²) in [6.07, 6.45) is 3.89. The average molecular weight is 233 g/mol. The van der Waals surface area contributed by atoms with E-state index in [4.69, 9.17) is 0 Å². The number of rotatable bonds is 5. The lowest BCUT2D eigenvalue weighted by Crippen LogP contribution is -2.08. The highest BCUT2D eigenvalue weighted by atomic mass is 15.3. The SMILES string of the molecule is CCn1cc(C)c(NCc2ccnn2CC)n1. The van der Waals surface area contributed by atoms with Crippen LogP contribution in [0.4, 0.5) is 5.82 Å². The van der Waals surface area contributed by atoms with Crippen LogP contribution in [0.5, 0.6) is 0 Å². The summed E-state index contributed by atoms with van der Waals surface area (Å²) in [7, 11) is 0. The second kappa shape index (κ2) is 5.03. The largest absolute Gasteiger partial charge is 0.363 e. The predicted molar refractivity (Wildman–Crippen MR) is 67.9 cm³/mol. The van der Waals surface area contributed by atoms with Gasteiger partial charge in [0.05, 0.1) is 12.2 Å². The third-order valence-electron chi connectivity index (χ3n) is 2.81. The van der Waals surface area contributed by atoms with Crippen LogP contribution in [0.2, 0.25) is 0 Å². The topological polar surface area (TPSA) is 47.7 Å². The number of hydrogen-bond acceptors (Lipinski definition) is 3. The molecule has 5 heteroatoms. The monoisotopic (exact) mass is 233 g/mol. The summed E-state index contributed by atoms with van der Waals surface area (Å²) in [5, 5.41) is 12.1.